The first-order chi connectivity index (χ1) is 10.7. The predicted octanol–water partition coefficient (Wildman–Crippen LogP) is 2.54. The summed E-state index contributed by atoms with van der Waals surface area (Å²) in [6, 6.07) is 11.6. The van der Waals surface area contributed by atoms with E-state index in [9.17, 15) is 4.79 Å². The molecule has 3 aromatic rings. The molecule has 0 atom stereocenters. The lowest BCUT2D eigenvalue weighted by Gasteiger charge is -2.10. The summed E-state index contributed by atoms with van der Waals surface area (Å²) in [4.78, 5) is 16.4. The van der Waals surface area contributed by atoms with Gasteiger partial charge in [0.2, 0.25) is 0 Å². The van der Waals surface area contributed by atoms with Gasteiger partial charge in [-0.2, -0.15) is 0 Å². The third-order valence-corrected chi connectivity index (χ3v) is 4.25. The molecule has 0 aliphatic heterocycles. The Morgan fingerprint density at radius 2 is 2.05 bits per heavy atom. The maximum atomic E-state index is 12.2. The number of fused-ring (bicyclic) bond motifs is 1. The standard InChI is InChI=1S/C15H14N4OS2/c20-14(12-9-16-13-6-2-1-5-11(12)13)18-19-15(21)17-8-10-4-3-7-22-10/h1-7,9,16H,8H2,(H,18,20)(H2,17,19,21). The summed E-state index contributed by atoms with van der Waals surface area (Å²) in [7, 11) is 0. The van der Waals surface area contributed by atoms with Crippen molar-refractivity contribution in [3.8, 4) is 0 Å². The zero-order chi connectivity index (χ0) is 15.4. The molecular weight excluding hydrogens is 316 g/mol. The lowest BCUT2D eigenvalue weighted by Crippen LogP contribution is -2.46. The van der Waals surface area contributed by atoms with E-state index in [-0.39, 0.29) is 5.91 Å². The van der Waals surface area contributed by atoms with E-state index < -0.39 is 0 Å². The molecule has 2 heterocycles. The number of benzene rings is 1. The lowest BCUT2D eigenvalue weighted by atomic mass is 10.2. The van der Waals surface area contributed by atoms with E-state index in [2.05, 4.69) is 21.2 Å². The number of thiocarbonyl (C=S) groups is 1. The fourth-order valence-corrected chi connectivity index (χ4v) is 2.83. The van der Waals surface area contributed by atoms with Crippen molar-refractivity contribution in [3.05, 3.63) is 58.4 Å². The maximum absolute atomic E-state index is 12.2. The third kappa shape index (κ3) is 3.26. The zero-order valence-electron chi connectivity index (χ0n) is 11.6. The Bertz CT molecular complexity index is 795. The van der Waals surface area contributed by atoms with Crippen molar-refractivity contribution in [1.29, 1.82) is 0 Å². The summed E-state index contributed by atoms with van der Waals surface area (Å²) in [6.07, 6.45) is 1.68. The number of aromatic nitrogens is 1. The van der Waals surface area contributed by atoms with Gasteiger partial charge >= 0.3 is 0 Å². The minimum Gasteiger partial charge on any atom is -0.360 e. The molecule has 0 fully saturated rings. The van der Waals surface area contributed by atoms with Crippen LogP contribution in [-0.4, -0.2) is 16.0 Å². The van der Waals surface area contributed by atoms with Crippen molar-refractivity contribution >= 4 is 45.5 Å². The van der Waals surface area contributed by atoms with Crippen LogP contribution < -0.4 is 16.2 Å². The number of thiophene rings is 1. The van der Waals surface area contributed by atoms with Crippen LogP contribution in [0.15, 0.2) is 48.0 Å². The molecule has 0 saturated carbocycles. The Kier molecular flexibility index (Phi) is 4.36. The average Bonchev–Trinajstić information content (AvgIpc) is 3.19. The van der Waals surface area contributed by atoms with Crippen LogP contribution in [0.5, 0.6) is 0 Å². The number of amides is 1. The van der Waals surface area contributed by atoms with E-state index in [1.807, 2.05) is 41.8 Å². The van der Waals surface area contributed by atoms with Gasteiger partial charge in [-0.3, -0.25) is 15.6 Å². The molecule has 0 aliphatic rings. The number of aromatic amines is 1. The van der Waals surface area contributed by atoms with Gasteiger partial charge in [-0.1, -0.05) is 24.3 Å². The number of H-pyrrole nitrogens is 1. The summed E-state index contributed by atoms with van der Waals surface area (Å²) >= 11 is 6.78. The van der Waals surface area contributed by atoms with Gasteiger partial charge < -0.3 is 10.3 Å². The fraction of sp³-hybridized carbons (Fsp3) is 0.0667. The molecule has 0 saturated heterocycles. The van der Waals surface area contributed by atoms with Crippen molar-refractivity contribution in [2.75, 3.05) is 0 Å². The first-order valence-corrected chi connectivity index (χ1v) is 7.95. The largest absolute Gasteiger partial charge is 0.360 e. The number of carbonyl (C=O) groups is 1. The molecule has 7 heteroatoms. The molecule has 4 N–H and O–H groups in total. The van der Waals surface area contributed by atoms with Gasteiger partial charge in [0, 0.05) is 22.0 Å². The highest BCUT2D eigenvalue weighted by Gasteiger charge is 2.11. The van der Waals surface area contributed by atoms with E-state index in [4.69, 9.17) is 12.2 Å². The molecule has 0 unspecified atom stereocenters. The summed E-state index contributed by atoms with van der Waals surface area (Å²) in [5.74, 6) is -0.238. The second-order valence-corrected chi connectivity index (χ2v) is 6.03. The van der Waals surface area contributed by atoms with Crippen LogP contribution in [0.1, 0.15) is 15.2 Å². The van der Waals surface area contributed by atoms with Gasteiger partial charge in [0.25, 0.3) is 5.91 Å². The van der Waals surface area contributed by atoms with Crippen LogP contribution in [0.2, 0.25) is 0 Å². The number of hydrogen-bond acceptors (Lipinski definition) is 3. The molecule has 22 heavy (non-hydrogen) atoms. The van der Waals surface area contributed by atoms with Gasteiger partial charge in [-0.05, 0) is 29.7 Å². The van der Waals surface area contributed by atoms with Gasteiger partial charge in [0.1, 0.15) is 0 Å². The highest BCUT2D eigenvalue weighted by molar-refractivity contribution is 7.80. The molecule has 0 aliphatic carbocycles. The normalized spacial score (nSPS) is 10.4. The summed E-state index contributed by atoms with van der Waals surface area (Å²) in [6.45, 7) is 0.631. The Labute approximate surface area is 136 Å². The summed E-state index contributed by atoms with van der Waals surface area (Å²) in [5.41, 5.74) is 6.80. The second kappa shape index (κ2) is 6.59. The molecule has 1 amide bonds. The van der Waals surface area contributed by atoms with Crippen molar-refractivity contribution in [3.63, 3.8) is 0 Å². The number of carbonyl (C=O) groups excluding carboxylic acids is 1. The van der Waals surface area contributed by atoms with Gasteiger partial charge in [-0.25, -0.2) is 0 Å². The van der Waals surface area contributed by atoms with Crippen molar-refractivity contribution in [1.82, 2.24) is 21.2 Å². The van der Waals surface area contributed by atoms with Crippen LogP contribution in [0, 0.1) is 0 Å². The van der Waals surface area contributed by atoms with Gasteiger partial charge in [0.05, 0.1) is 12.1 Å². The van der Waals surface area contributed by atoms with E-state index >= 15 is 0 Å². The van der Waals surface area contributed by atoms with Gasteiger partial charge in [0.15, 0.2) is 5.11 Å². The SMILES string of the molecule is O=C(NNC(=S)NCc1cccs1)c1c[nH]c2ccccc12. The number of hydrazine groups is 1. The van der Waals surface area contributed by atoms with Crippen molar-refractivity contribution in [2.24, 2.45) is 0 Å². The minimum atomic E-state index is -0.238. The monoisotopic (exact) mass is 330 g/mol. The molecule has 0 bridgehead atoms. The van der Waals surface area contributed by atoms with Crippen LogP contribution >= 0.6 is 23.6 Å². The topological polar surface area (TPSA) is 69.0 Å². The van der Waals surface area contributed by atoms with Gasteiger partial charge in [-0.15, -0.1) is 11.3 Å². The third-order valence-electron chi connectivity index (χ3n) is 3.13. The average molecular weight is 330 g/mol. The molecule has 112 valence electrons. The van der Waals surface area contributed by atoms with Crippen LogP contribution in [-0.2, 0) is 6.54 Å². The molecule has 1 aromatic carbocycles. The van der Waals surface area contributed by atoms with Crippen molar-refractivity contribution in [2.45, 2.75) is 6.54 Å². The Morgan fingerprint density at radius 3 is 2.86 bits per heavy atom. The van der Waals surface area contributed by atoms with Crippen LogP contribution in [0.25, 0.3) is 10.9 Å². The number of rotatable bonds is 3. The van der Waals surface area contributed by atoms with Crippen LogP contribution in [0.4, 0.5) is 0 Å². The van der Waals surface area contributed by atoms with E-state index in [1.54, 1.807) is 17.5 Å². The molecule has 2 aromatic heterocycles. The smallest absolute Gasteiger partial charge is 0.271 e. The predicted molar refractivity (Wildman–Crippen MR) is 92.7 cm³/mol. The first kappa shape index (κ1) is 14.6. The van der Waals surface area contributed by atoms with Crippen LogP contribution in [0.3, 0.4) is 0 Å². The molecule has 3 rings (SSSR count). The maximum Gasteiger partial charge on any atom is 0.271 e. The second-order valence-electron chi connectivity index (χ2n) is 4.59. The number of nitrogens with one attached hydrogen (secondary N) is 4. The minimum absolute atomic E-state index is 0.238. The van der Waals surface area contributed by atoms with E-state index in [0.717, 1.165) is 10.9 Å². The Morgan fingerprint density at radius 1 is 1.18 bits per heavy atom. The summed E-state index contributed by atoms with van der Waals surface area (Å²) in [5, 5.41) is 6.29. The first-order valence-electron chi connectivity index (χ1n) is 6.67. The quantitative estimate of drug-likeness (QED) is 0.440. The highest BCUT2D eigenvalue weighted by Crippen LogP contribution is 2.17. The number of hydrogen-bond donors (Lipinski definition) is 4. The molecule has 0 spiro atoms. The molecule has 0 radical (unpaired) electrons. The van der Waals surface area contributed by atoms with E-state index in [1.165, 1.54) is 4.88 Å². The molecular formula is C15H14N4OS2. The Hall–Kier alpha value is -2.38. The van der Waals surface area contributed by atoms with Crippen molar-refractivity contribution < 1.29 is 4.79 Å². The zero-order valence-corrected chi connectivity index (χ0v) is 13.2. The molecule has 5 nitrogen and oxygen atoms in total. The summed E-state index contributed by atoms with van der Waals surface area (Å²) < 4.78 is 0. The number of para-hydroxylation sites is 1. The Balaban J connectivity index is 1.54. The fourth-order valence-electron chi connectivity index (χ4n) is 2.06. The lowest BCUT2D eigenvalue weighted by molar-refractivity contribution is 0.0945. The van der Waals surface area contributed by atoms with E-state index in [0.29, 0.717) is 17.2 Å². The highest BCUT2D eigenvalue weighted by atomic mass is 32.1.